The van der Waals surface area contributed by atoms with Crippen LogP contribution in [0.25, 0.3) is 21.1 Å². The minimum Gasteiger partial charge on any atom is -0.378 e. The summed E-state index contributed by atoms with van der Waals surface area (Å²) < 4.78 is 62.1. The molecule has 0 unspecified atom stereocenters. The summed E-state index contributed by atoms with van der Waals surface area (Å²) in [7, 11) is 0. The molecule has 4 aromatic heterocycles. The van der Waals surface area contributed by atoms with Gasteiger partial charge in [0.25, 0.3) is 11.8 Å². The summed E-state index contributed by atoms with van der Waals surface area (Å²) in [4.78, 5) is 32.9. The first-order valence-electron chi connectivity index (χ1n) is 15.8. The maximum Gasteiger partial charge on any atom is 0.274 e. The number of hydroxylamine groups is 2. The third-order valence-corrected chi connectivity index (χ3v) is 9.82. The maximum absolute atomic E-state index is 14.3. The van der Waals surface area contributed by atoms with Crippen LogP contribution in [0.15, 0.2) is 67.3 Å². The second-order valence-corrected chi connectivity index (χ2v) is 13.5. The summed E-state index contributed by atoms with van der Waals surface area (Å²) >= 11 is 2.42. The molecule has 1 fully saturated rings. The number of nitrogens with zero attached hydrogens (tertiary/aromatic N) is 7. The summed E-state index contributed by atoms with van der Waals surface area (Å²) in [5.41, 5.74) is 4.11. The zero-order valence-corrected chi connectivity index (χ0v) is 29.3. The number of carbonyl (C=O) groups is 2. The lowest BCUT2D eigenvalue weighted by Gasteiger charge is -2.28. The van der Waals surface area contributed by atoms with Crippen molar-refractivity contribution >= 4 is 40.2 Å². The third kappa shape index (κ3) is 9.04. The molecule has 7 rings (SSSR count). The molecule has 0 bridgehead atoms. The van der Waals surface area contributed by atoms with Crippen LogP contribution in [0, 0.1) is 23.3 Å². The summed E-state index contributed by atoms with van der Waals surface area (Å²) in [5.74, 6) is -5.58. The highest BCUT2D eigenvalue weighted by atomic mass is 32.1. The number of hydrogen-bond donors (Lipinski definition) is 4. The smallest absolute Gasteiger partial charge is 0.274 e. The van der Waals surface area contributed by atoms with Crippen LogP contribution in [-0.2, 0) is 17.6 Å². The molecule has 20 heteroatoms. The van der Waals surface area contributed by atoms with Crippen molar-refractivity contribution in [1.29, 1.82) is 0 Å². The lowest BCUT2D eigenvalue weighted by molar-refractivity contribution is 0.0701. The van der Waals surface area contributed by atoms with Gasteiger partial charge in [0.1, 0.15) is 43.3 Å². The Labute approximate surface area is 311 Å². The van der Waals surface area contributed by atoms with Crippen molar-refractivity contribution in [2.24, 2.45) is 0 Å². The van der Waals surface area contributed by atoms with Gasteiger partial charge >= 0.3 is 0 Å². The number of benzene rings is 2. The predicted octanol–water partition coefficient (Wildman–Crippen LogP) is 5.01. The Hall–Kier alpha value is -5.80. The quantitative estimate of drug-likeness (QED) is 0.0874. The van der Waals surface area contributed by atoms with Crippen molar-refractivity contribution in [3.63, 3.8) is 0 Å². The maximum atomic E-state index is 14.3. The fraction of sp³-hybridized carbons (Fsp3) is 0.176. The van der Waals surface area contributed by atoms with Crippen molar-refractivity contribution < 1.29 is 42.3 Å². The molecular formula is C34H27F4N9O5S2. The molecule has 1 saturated heterocycles. The first-order valence-corrected chi connectivity index (χ1v) is 17.4. The van der Waals surface area contributed by atoms with Crippen molar-refractivity contribution in [3.8, 4) is 21.1 Å². The minimum atomic E-state index is -0.995. The number of morpholine rings is 1. The molecule has 0 aliphatic carbocycles. The van der Waals surface area contributed by atoms with E-state index in [1.807, 2.05) is 6.07 Å². The van der Waals surface area contributed by atoms with Gasteiger partial charge in [0, 0.05) is 77.9 Å². The Morgan fingerprint density at radius 3 is 1.65 bits per heavy atom. The summed E-state index contributed by atoms with van der Waals surface area (Å²) in [6.45, 7) is 2.86. The van der Waals surface area contributed by atoms with Gasteiger partial charge in [0.15, 0.2) is 0 Å². The number of hydrogen-bond acceptors (Lipinski definition) is 14. The topological polar surface area (TPSA) is 188 Å². The van der Waals surface area contributed by atoms with Gasteiger partial charge in [-0.25, -0.2) is 28.5 Å². The highest BCUT2D eigenvalue weighted by Gasteiger charge is 2.20. The number of anilines is 1. The van der Waals surface area contributed by atoms with Crippen molar-refractivity contribution in [2.45, 2.75) is 12.8 Å². The van der Waals surface area contributed by atoms with E-state index in [1.54, 1.807) is 36.9 Å². The SMILES string of the molecule is O=C(NO)c1cc(F)c(Cc2nnc(-c3ccncc3)s2)c(F)c1.O=C(NO)c1cc(F)c(Cc2nnc(-c3cncc(N4CCOCC4)c3)s2)c(F)c1. The van der Waals surface area contributed by atoms with Crippen LogP contribution in [0.3, 0.4) is 0 Å². The number of aromatic nitrogens is 6. The molecule has 6 aromatic rings. The van der Waals surface area contributed by atoms with Gasteiger partial charge in [0.2, 0.25) is 0 Å². The van der Waals surface area contributed by atoms with E-state index in [-0.39, 0.29) is 35.1 Å². The molecule has 1 aliphatic heterocycles. The Morgan fingerprint density at radius 2 is 1.17 bits per heavy atom. The molecule has 2 amide bonds. The van der Waals surface area contributed by atoms with Crippen LogP contribution < -0.4 is 15.9 Å². The van der Waals surface area contributed by atoms with Crippen molar-refractivity contribution in [1.82, 2.24) is 41.3 Å². The molecular weight excluding hydrogens is 755 g/mol. The highest BCUT2D eigenvalue weighted by Crippen LogP contribution is 2.29. The first kappa shape index (κ1) is 37.9. The zero-order valence-electron chi connectivity index (χ0n) is 27.7. The normalized spacial score (nSPS) is 12.5. The molecule has 1 aliphatic rings. The van der Waals surface area contributed by atoms with Crippen LogP contribution in [0.1, 0.15) is 41.9 Å². The Balaban J connectivity index is 0.000000189. The Morgan fingerprint density at radius 1 is 0.685 bits per heavy atom. The minimum absolute atomic E-state index is 0.0958. The van der Waals surface area contributed by atoms with E-state index in [0.29, 0.717) is 33.2 Å². The number of carbonyl (C=O) groups excluding carboxylic acids is 2. The van der Waals surface area contributed by atoms with Crippen LogP contribution in [0.4, 0.5) is 23.2 Å². The lowest BCUT2D eigenvalue weighted by atomic mass is 10.1. The van der Waals surface area contributed by atoms with Crippen LogP contribution >= 0.6 is 22.7 Å². The van der Waals surface area contributed by atoms with Gasteiger partial charge in [0.05, 0.1) is 25.1 Å². The second-order valence-electron chi connectivity index (χ2n) is 11.3. The van der Waals surface area contributed by atoms with Gasteiger partial charge in [-0.2, -0.15) is 0 Å². The van der Waals surface area contributed by atoms with E-state index < -0.39 is 35.1 Å². The van der Waals surface area contributed by atoms with E-state index in [9.17, 15) is 27.2 Å². The molecule has 2 aromatic carbocycles. The van der Waals surface area contributed by atoms with E-state index in [1.165, 1.54) is 33.6 Å². The first-order chi connectivity index (χ1) is 26.1. The third-order valence-electron chi connectivity index (χ3n) is 7.87. The molecule has 278 valence electrons. The van der Waals surface area contributed by atoms with Crippen LogP contribution in [0.5, 0.6) is 0 Å². The molecule has 0 radical (unpaired) electrons. The summed E-state index contributed by atoms with van der Waals surface area (Å²) in [6.07, 6.45) is 6.44. The number of ether oxygens (including phenoxy) is 1. The average molecular weight is 782 g/mol. The van der Waals surface area contributed by atoms with E-state index in [0.717, 1.165) is 54.2 Å². The van der Waals surface area contributed by atoms with Gasteiger partial charge in [-0.05, 0) is 42.5 Å². The van der Waals surface area contributed by atoms with Crippen LogP contribution in [-0.4, -0.2) is 78.9 Å². The molecule has 54 heavy (non-hydrogen) atoms. The van der Waals surface area contributed by atoms with Gasteiger partial charge in [-0.1, -0.05) is 22.7 Å². The average Bonchev–Trinajstić information content (AvgIpc) is 3.88. The van der Waals surface area contributed by atoms with Gasteiger partial charge in [-0.3, -0.25) is 30.0 Å². The lowest BCUT2D eigenvalue weighted by Crippen LogP contribution is -2.36. The summed E-state index contributed by atoms with van der Waals surface area (Å²) in [6, 6.07) is 8.90. The molecule has 14 nitrogen and oxygen atoms in total. The Bertz CT molecular complexity index is 2230. The molecule has 0 saturated carbocycles. The number of amides is 2. The molecule has 5 heterocycles. The highest BCUT2D eigenvalue weighted by molar-refractivity contribution is 7.15. The predicted molar refractivity (Wildman–Crippen MR) is 186 cm³/mol. The van der Waals surface area contributed by atoms with E-state index >= 15 is 0 Å². The largest absolute Gasteiger partial charge is 0.378 e. The monoisotopic (exact) mass is 781 g/mol. The molecule has 0 atom stereocenters. The summed E-state index contributed by atoms with van der Waals surface area (Å²) in [5, 5.41) is 35.3. The van der Waals surface area contributed by atoms with Crippen LogP contribution in [0.2, 0.25) is 0 Å². The molecule has 0 spiro atoms. The zero-order chi connectivity index (χ0) is 38.2. The number of pyridine rings is 2. The second kappa shape index (κ2) is 17.4. The van der Waals surface area contributed by atoms with Crippen molar-refractivity contribution in [3.05, 3.63) is 123 Å². The van der Waals surface area contributed by atoms with Gasteiger partial charge in [-0.15, -0.1) is 20.4 Å². The fourth-order valence-electron chi connectivity index (χ4n) is 5.15. The van der Waals surface area contributed by atoms with E-state index in [4.69, 9.17) is 15.2 Å². The molecule has 4 N–H and O–H groups in total. The van der Waals surface area contributed by atoms with Gasteiger partial charge < -0.3 is 9.64 Å². The van der Waals surface area contributed by atoms with E-state index in [2.05, 4.69) is 35.3 Å². The standard InChI is InChI=1S/C19H17F2N5O3S.C15H10F2N4O2S/c20-15-6-11(18(27)25-28)7-16(21)14(15)8-17-23-24-19(30-17)12-5-13(10-22-9-12)26-1-3-29-4-2-26;16-11-5-9(14(22)21-23)6-12(17)10(11)7-13-19-20-15(24-13)8-1-3-18-4-2-8/h5-7,9-10,28H,1-4,8H2,(H,25,27);1-6,23H,7H2,(H,21,22). The fourth-order valence-corrected chi connectivity index (χ4v) is 6.84. The number of halogens is 4. The Kier molecular flexibility index (Phi) is 12.2. The number of rotatable bonds is 9. The van der Waals surface area contributed by atoms with Crippen molar-refractivity contribution in [2.75, 3.05) is 31.2 Å². The number of nitrogens with one attached hydrogen (secondary N) is 2.